The van der Waals surface area contributed by atoms with Crippen LogP contribution < -0.4 is 4.74 Å². The number of hydrogen-bond acceptors (Lipinski definition) is 3. The molecule has 8 heteroatoms. The zero-order valence-corrected chi connectivity index (χ0v) is 8.44. The second-order valence-electron chi connectivity index (χ2n) is 2.71. The van der Waals surface area contributed by atoms with Crippen molar-refractivity contribution in [1.82, 2.24) is 4.98 Å². The topological polar surface area (TPSA) is 42.4 Å². The Kier molecular flexibility index (Phi) is 3.93. The van der Waals surface area contributed by atoms with Gasteiger partial charge in [-0.2, -0.15) is 4.39 Å². The molecule has 0 saturated carbocycles. The van der Waals surface area contributed by atoms with Crippen LogP contribution in [0.25, 0.3) is 0 Å². The van der Waals surface area contributed by atoms with Crippen molar-refractivity contribution in [2.24, 2.45) is 0 Å². The Morgan fingerprint density at radius 2 is 2.00 bits per heavy atom. The number of pyridine rings is 1. The fourth-order valence-corrected chi connectivity index (χ4v) is 1.36. The maximum atomic E-state index is 13.0. The molecule has 0 radical (unpaired) electrons. The van der Waals surface area contributed by atoms with Gasteiger partial charge < -0.3 is 9.84 Å². The molecule has 0 amide bonds. The number of ether oxygens (including phenoxy) is 1. The first kappa shape index (κ1) is 13.0. The standard InChI is InChI=1S/C8H6ClF4NO2/c9-1-4-5(3-15)7(10)14-2-6(4)16-8(11,12)13/h2,15H,1,3H2. The molecule has 0 unspecified atom stereocenters. The molecule has 0 aliphatic carbocycles. The summed E-state index contributed by atoms with van der Waals surface area (Å²) in [5.74, 6) is -2.22. The van der Waals surface area contributed by atoms with Crippen LogP contribution in [0.1, 0.15) is 11.1 Å². The maximum absolute atomic E-state index is 13.0. The highest BCUT2D eigenvalue weighted by Crippen LogP contribution is 2.30. The average molecular weight is 260 g/mol. The van der Waals surface area contributed by atoms with Crippen LogP contribution in [0.15, 0.2) is 6.20 Å². The summed E-state index contributed by atoms with van der Waals surface area (Å²) in [6, 6.07) is 0. The van der Waals surface area contributed by atoms with Gasteiger partial charge in [0.2, 0.25) is 5.95 Å². The summed E-state index contributed by atoms with van der Waals surface area (Å²) in [5.41, 5.74) is -0.675. The third-order valence-corrected chi connectivity index (χ3v) is 1.99. The molecule has 0 aliphatic rings. The van der Waals surface area contributed by atoms with E-state index in [4.69, 9.17) is 16.7 Å². The molecule has 1 aromatic heterocycles. The molecule has 0 spiro atoms. The minimum Gasteiger partial charge on any atom is -0.404 e. The van der Waals surface area contributed by atoms with Gasteiger partial charge in [-0.05, 0) is 0 Å². The molecule has 1 rings (SSSR count). The zero-order chi connectivity index (χ0) is 12.3. The average Bonchev–Trinajstić information content (AvgIpc) is 2.18. The summed E-state index contributed by atoms with van der Waals surface area (Å²) in [6.45, 7) is -0.810. The molecule has 0 aromatic carbocycles. The van der Waals surface area contributed by atoms with Crippen molar-refractivity contribution in [3.8, 4) is 5.75 Å². The minimum atomic E-state index is -4.92. The Hall–Kier alpha value is -1.08. The smallest absolute Gasteiger partial charge is 0.404 e. The molecule has 0 fully saturated rings. The second kappa shape index (κ2) is 4.84. The number of aromatic nitrogens is 1. The normalized spacial score (nSPS) is 11.6. The van der Waals surface area contributed by atoms with Crippen molar-refractivity contribution < 1.29 is 27.4 Å². The van der Waals surface area contributed by atoms with Gasteiger partial charge in [0, 0.05) is 11.1 Å². The maximum Gasteiger partial charge on any atom is 0.573 e. The number of halogens is 5. The van der Waals surface area contributed by atoms with Crippen LogP contribution in [0.4, 0.5) is 17.6 Å². The molecular weight excluding hydrogens is 254 g/mol. The quantitative estimate of drug-likeness (QED) is 0.515. The van der Waals surface area contributed by atoms with E-state index in [9.17, 15) is 17.6 Å². The Morgan fingerprint density at radius 3 is 2.44 bits per heavy atom. The third-order valence-electron chi connectivity index (χ3n) is 1.72. The molecule has 1 N–H and O–H groups in total. The van der Waals surface area contributed by atoms with Crippen LogP contribution in [0, 0.1) is 5.95 Å². The molecule has 0 aliphatic heterocycles. The number of hydrogen-bond donors (Lipinski definition) is 1. The molecule has 16 heavy (non-hydrogen) atoms. The van der Waals surface area contributed by atoms with E-state index in [0.29, 0.717) is 6.20 Å². The third kappa shape index (κ3) is 2.96. The lowest BCUT2D eigenvalue weighted by atomic mass is 10.1. The van der Waals surface area contributed by atoms with Crippen molar-refractivity contribution in [2.45, 2.75) is 18.8 Å². The van der Waals surface area contributed by atoms with Gasteiger partial charge in [-0.3, -0.25) is 0 Å². The summed E-state index contributed by atoms with van der Waals surface area (Å²) in [6.07, 6.45) is -4.35. The molecular formula is C8H6ClF4NO2. The summed E-state index contributed by atoms with van der Waals surface area (Å²) >= 11 is 5.36. The number of aliphatic hydroxyl groups is 1. The van der Waals surface area contributed by atoms with Gasteiger partial charge in [-0.15, -0.1) is 24.8 Å². The monoisotopic (exact) mass is 259 g/mol. The van der Waals surface area contributed by atoms with Crippen LogP contribution in [0.2, 0.25) is 0 Å². The van der Waals surface area contributed by atoms with Crippen molar-refractivity contribution in [1.29, 1.82) is 0 Å². The lowest BCUT2D eigenvalue weighted by Crippen LogP contribution is -2.19. The second-order valence-corrected chi connectivity index (χ2v) is 2.98. The van der Waals surface area contributed by atoms with E-state index >= 15 is 0 Å². The van der Waals surface area contributed by atoms with Crippen LogP contribution in [0.3, 0.4) is 0 Å². The van der Waals surface area contributed by atoms with Crippen LogP contribution in [-0.2, 0) is 12.5 Å². The number of alkyl halides is 4. The molecule has 90 valence electrons. The Morgan fingerprint density at radius 1 is 1.38 bits per heavy atom. The van der Waals surface area contributed by atoms with Gasteiger partial charge in [0.05, 0.1) is 18.7 Å². The number of rotatable bonds is 3. The van der Waals surface area contributed by atoms with Gasteiger partial charge in [-0.25, -0.2) is 4.98 Å². The van der Waals surface area contributed by atoms with Gasteiger partial charge in [0.15, 0.2) is 5.75 Å². The fourth-order valence-electron chi connectivity index (χ4n) is 1.06. The molecule has 3 nitrogen and oxygen atoms in total. The number of nitrogens with zero attached hydrogens (tertiary/aromatic N) is 1. The Labute approximate surface area is 92.6 Å². The zero-order valence-electron chi connectivity index (χ0n) is 7.68. The number of aliphatic hydroxyl groups excluding tert-OH is 1. The summed E-state index contributed by atoms with van der Waals surface area (Å²) in [4.78, 5) is 3.03. The molecule has 0 atom stereocenters. The van der Waals surface area contributed by atoms with Gasteiger partial charge in [-0.1, -0.05) is 0 Å². The summed E-state index contributed by atoms with van der Waals surface area (Å²) in [5, 5.41) is 8.78. The van der Waals surface area contributed by atoms with E-state index in [-0.39, 0.29) is 5.56 Å². The Bertz CT molecular complexity index is 383. The highest BCUT2D eigenvalue weighted by atomic mass is 35.5. The van der Waals surface area contributed by atoms with Crippen LogP contribution >= 0.6 is 11.6 Å². The lowest BCUT2D eigenvalue weighted by Gasteiger charge is -2.14. The SMILES string of the molecule is OCc1c(F)ncc(OC(F)(F)F)c1CCl. The van der Waals surface area contributed by atoms with Gasteiger partial charge in [0.25, 0.3) is 0 Å². The highest BCUT2D eigenvalue weighted by Gasteiger charge is 2.33. The van der Waals surface area contributed by atoms with Crippen molar-refractivity contribution in [2.75, 3.05) is 0 Å². The molecule has 1 aromatic rings. The van der Waals surface area contributed by atoms with Crippen molar-refractivity contribution in [3.63, 3.8) is 0 Å². The van der Waals surface area contributed by atoms with E-state index in [1.807, 2.05) is 0 Å². The van der Waals surface area contributed by atoms with Crippen molar-refractivity contribution >= 4 is 11.6 Å². The molecule has 0 bridgehead atoms. The predicted molar refractivity (Wildman–Crippen MR) is 46.4 cm³/mol. The molecule has 0 saturated heterocycles. The summed E-state index contributed by atoms with van der Waals surface area (Å²) < 4.78 is 52.4. The van der Waals surface area contributed by atoms with E-state index in [1.165, 1.54) is 0 Å². The van der Waals surface area contributed by atoms with Crippen LogP contribution in [-0.4, -0.2) is 16.5 Å². The molecule has 1 heterocycles. The minimum absolute atomic E-state index is 0.269. The summed E-state index contributed by atoms with van der Waals surface area (Å²) in [7, 11) is 0. The van der Waals surface area contributed by atoms with E-state index < -0.39 is 36.1 Å². The first-order valence-electron chi connectivity index (χ1n) is 3.98. The van der Waals surface area contributed by atoms with E-state index in [1.54, 1.807) is 0 Å². The van der Waals surface area contributed by atoms with E-state index in [0.717, 1.165) is 0 Å². The highest BCUT2D eigenvalue weighted by molar-refractivity contribution is 6.17. The first-order chi connectivity index (χ1) is 7.39. The first-order valence-corrected chi connectivity index (χ1v) is 4.51. The lowest BCUT2D eigenvalue weighted by molar-refractivity contribution is -0.275. The predicted octanol–water partition coefficient (Wildman–Crippen LogP) is 2.35. The van der Waals surface area contributed by atoms with Crippen LogP contribution in [0.5, 0.6) is 5.75 Å². The largest absolute Gasteiger partial charge is 0.573 e. The van der Waals surface area contributed by atoms with Crippen molar-refractivity contribution in [3.05, 3.63) is 23.3 Å². The Balaban J connectivity index is 3.19. The van der Waals surface area contributed by atoms with Gasteiger partial charge >= 0.3 is 6.36 Å². The van der Waals surface area contributed by atoms with Gasteiger partial charge in [0.1, 0.15) is 0 Å². The van der Waals surface area contributed by atoms with E-state index in [2.05, 4.69) is 9.72 Å². The fraction of sp³-hybridized carbons (Fsp3) is 0.375.